The zero-order valence-electron chi connectivity index (χ0n) is 15.1. The number of aryl methyl sites for hydroxylation is 2. The van der Waals surface area contributed by atoms with Gasteiger partial charge in [-0.05, 0) is 49.4 Å². The molecule has 1 atom stereocenters. The fraction of sp³-hybridized carbons (Fsp3) is 0.579. The quantitative estimate of drug-likeness (QED) is 0.840. The van der Waals surface area contributed by atoms with Gasteiger partial charge in [0.1, 0.15) is 6.04 Å². The van der Waals surface area contributed by atoms with Gasteiger partial charge in [-0.25, -0.2) is 0 Å². The Kier molecular flexibility index (Phi) is 4.83. The number of amides is 2. The average Bonchev–Trinajstić information content (AvgIpc) is 2.43. The van der Waals surface area contributed by atoms with Crippen molar-refractivity contribution in [3.05, 3.63) is 29.3 Å². The van der Waals surface area contributed by atoms with Crippen LogP contribution in [0.2, 0.25) is 0 Å². The molecule has 4 nitrogen and oxygen atoms in total. The molecule has 0 saturated carbocycles. The number of benzene rings is 1. The fourth-order valence-corrected chi connectivity index (χ4v) is 2.92. The largest absolute Gasteiger partial charge is 0.329 e. The number of hydrogen-bond acceptors (Lipinski definition) is 2. The Bertz CT molecular complexity index is 616. The molecular weight excluding hydrogens is 288 g/mol. The molecule has 2 rings (SSSR count). The lowest BCUT2D eigenvalue weighted by atomic mass is 9.91. The van der Waals surface area contributed by atoms with E-state index in [4.69, 9.17) is 0 Å². The smallest absolute Gasteiger partial charge is 0.249 e. The predicted molar refractivity (Wildman–Crippen MR) is 93.5 cm³/mol. The third-order valence-corrected chi connectivity index (χ3v) is 4.46. The van der Waals surface area contributed by atoms with Crippen LogP contribution < -0.4 is 4.90 Å². The lowest BCUT2D eigenvalue weighted by Crippen LogP contribution is -2.58. The minimum absolute atomic E-state index is 0.00163. The summed E-state index contributed by atoms with van der Waals surface area (Å²) in [5.74, 6) is 0.0693. The lowest BCUT2D eigenvalue weighted by molar-refractivity contribution is -0.142. The summed E-state index contributed by atoms with van der Waals surface area (Å²) in [7, 11) is 0. The highest BCUT2D eigenvalue weighted by molar-refractivity contribution is 6.00. The molecule has 0 N–H and O–H groups in total. The summed E-state index contributed by atoms with van der Waals surface area (Å²) in [6.07, 6.45) is 0.467. The van der Waals surface area contributed by atoms with Gasteiger partial charge in [0.15, 0.2) is 0 Å². The number of carbonyl (C=O) groups excluding carboxylic acids is 2. The monoisotopic (exact) mass is 316 g/mol. The van der Waals surface area contributed by atoms with E-state index in [0.29, 0.717) is 19.5 Å². The Morgan fingerprint density at radius 1 is 1.17 bits per heavy atom. The van der Waals surface area contributed by atoms with Gasteiger partial charge in [0.2, 0.25) is 11.8 Å². The van der Waals surface area contributed by atoms with Gasteiger partial charge in [0.25, 0.3) is 0 Å². The van der Waals surface area contributed by atoms with Crippen LogP contribution in [0, 0.1) is 19.3 Å². The van der Waals surface area contributed by atoms with E-state index in [2.05, 4.69) is 13.8 Å². The van der Waals surface area contributed by atoms with Gasteiger partial charge in [-0.15, -0.1) is 0 Å². The van der Waals surface area contributed by atoms with Gasteiger partial charge in [-0.2, -0.15) is 0 Å². The first-order valence-electron chi connectivity index (χ1n) is 8.28. The molecule has 1 unspecified atom stereocenters. The van der Waals surface area contributed by atoms with Crippen LogP contribution in [0.5, 0.6) is 0 Å². The number of hydrogen-bond donors (Lipinski definition) is 0. The highest BCUT2D eigenvalue weighted by atomic mass is 16.2. The molecule has 2 amide bonds. The van der Waals surface area contributed by atoms with Crippen molar-refractivity contribution < 1.29 is 9.59 Å². The van der Waals surface area contributed by atoms with Crippen molar-refractivity contribution in [2.45, 2.75) is 54.0 Å². The molecule has 23 heavy (non-hydrogen) atoms. The van der Waals surface area contributed by atoms with E-state index in [0.717, 1.165) is 5.69 Å². The van der Waals surface area contributed by atoms with E-state index in [1.54, 1.807) is 9.80 Å². The van der Waals surface area contributed by atoms with Crippen LogP contribution in [0.4, 0.5) is 5.69 Å². The van der Waals surface area contributed by atoms with Gasteiger partial charge in [-0.1, -0.05) is 26.8 Å². The Morgan fingerprint density at radius 2 is 1.83 bits per heavy atom. The standard InChI is InChI=1S/C19H28N2O2/c1-13-7-8-16(11-14(13)2)21-10-9-20(15(3)18(21)23)17(22)12-19(4,5)6/h7-8,11,15H,9-10,12H2,1-6H3. The van der Waals surface area contributed by atoms with Crippen LogP contribution in [0.1, 0.15) is 45.2 Å². The Morgan fingerprint density at radius 3 is 2.39 bits per heavy atom. The second kappa shape index (κ2) is 6.34. The van der Waals surface area contributed by atoms with Gasteiger partial charge in [0.05, 0.1) is 0 Å². The van der Waals surface area contributed by atoms with Crippen LogP contribution in [0.25, 0.3) is 0 Å². The van der Waals surface area contributed by atoms with Crippen molar-refractivity contribution in [2.24, 2.45) is 5.41 Å². The van der Waals surface area contributed by atoms with E-state index in [1.165, 1.54) is 11.1 Å². The van der Waals surface area contributed by atoms with Crippen molar-refractivity contribution in [3.63, 3.8) is 0 Å². The number of anilines is 1. The summed E-state index contributed by atoms with van der Waals surface area (Å²) in [5, 5.41) is 0. The molecule has 0 spiro atoms. The maximum Gasteiger partial charge on any atom is 0.249 e. The minimum atomic E-state index is -0.403. The second-order valence-corrected chi connectivity index (χ2v) is 7.76. The summed E-state index contributed by atoms with van der Waals surface area (Å²) in [6, 6.07) is 5.67. The van der Waals surface area contributed by atoms with Gasteiger partial charge < -0.3 is 9.80 Å². The normalized spacial score (nSPS) is 19.2. The summed E-state index contributed by atoms with van der Waals surface area (Å²) in [4.78, 5) is 28.7. The Hall–Kier alpha value is -1.84. The maximum atomic E-state index is 12.7. The van der Waals surface area contributed by atoms with Crippen molar-refractivity contribution in [2.75, 3.05) is 18.0 Å². The molecule has 4 heteroatoms. The average molecular weight is 316 g/mol. The lowest BCUT2D eigenvalue weighted by Gasteiger charge is -2.40. The van der Waals surface area contributed by atoms with E-state index >= 15 is 0 Å². The zero-order chi connectivity index (χ0) is 17.4. The minimum Gasteiger partial charge on any atom is -0.329 e. The fourth-order valence-electron chi connectivity index (χ4n) is 2.92. The number of rotatable bonds is 2. The van der Waals surface area contributed by atoms with Crippen molar-refractivity contribution >= 4 is 17.5 Å². The molecular formula is C19H28N2O2. The first-order valence-corrected chi connectivity index (χ1v) is 8.28. The molecule has 1 aliphatic heterocycles. The SMILES string of the molecule is Cc1ccc(N2CCN(C(=O)CC(C)(C)C)C(C)C2=O)cc1C. The maximum absolute atomic E-state index is 12.7. The van der Waals surface area contributed by atoms with Gasteiger partial charge in [0, 0.05) is 25.2 Å². The molecule has 126 valence electrons. The number of piperazine rings is 1. The third kappa shape index (κ3) is 3.92. The summed E-state index contributed by atoms with van der Waals surface area (Å²) in [5.41, 5.74) is 3.25. The van der Waals surface area contributed by atoms with E-state index in [-0.39, 0.29) is 17.2 Å². The molecule has 1 saturated heterocycles. The Balaban J connectivity index is 2.15. The predicted octanol–water partition coefficient (Wildman–Crippen LogP) is 3.30. The molecule has 1 fully saturated rings. The van der Waals surface area contributed by atoms with Gasteiger partial charge >= 0.3 is 0 Å². The zero-order valence-corrected chi connectivity index (χ0v) is 15.1. The Labute approximate surface area is 139 Å². The molecule has 0 radical (unpaired) electrons. The highest BCUT2D eigenvalue weighted by Gasteiger charge is 2.35. The number of nitrogens with zero attached hydrogens (tertiary/aromatic N) is 2. The first kappa shape index (κ1) is 17.5. The molecule has 0 aliphatic carbocycles. The second-order valence-electron chi connectivity index (χ2n) is 7.76. The van der Waals surface area contributed by atoms with Crippen molar-refractivity contribution in [3.8, 4) is 0 Å². The van der Waals surface area contributed by atoms with Crippen LogP contribution in [0.15, 0.2) is 18.2 Å². The molecule has 0 aromatic heterocycles. The topological polar surface area (TPSA) is 40.6 Å². The van der Waals surface area contributed by atoms with E-state index in [9.17, 15) is 9.59 Å². The summed E-state index contributed by atoms with van der Waals surface area (Å²) in [6.45, 7) is 13.2. The van der Waals surface area contributed by atoms with Crippen LogP contribution >= 0.6 is 0 Å². The van der Waals surface area contributed by atoms with Crippen molar-refractivity contribution in [1.29, 1.82) is 0 Å². The van der Waals surface area contributed by atoms with Crippen molar-refractivity contribution in [1.82, 2.24) is 4.90 Å². The van der Waals surface area contributed by atoms with Crippen LogP contribution in [-0.4, -0.2) is 35.8 Å². The molecule has 1 aromatic rings. The van der Waals surface area contributed by atoms with Crippen LogP contribution in [0.3, 0.4) is 0 Å². The molecule has 1 aromatic carbocycles. The summed E-state index contributed by atoms with van der Waals surface area (Å²) >= 11 is 0. The molecule has 1 heterocycles. The number of carbonyl (C=O) groups is 2. The van der Waals surface area contributed by atoms with E-state index < -0.39 is 6.04 Å². The molecule has 1 aliphatic rings. The van der Waals surface area contributed by atoms with Gasteiger partial charge in [-0.3, -0.25) is 9.59 Å². The summed E-state index contributed by atoms with van der Waals surface area (Å²) < 4.78 is 0. The molecule has 0 bridgehead atoms. The third-order valence-electron chi connectivity index (χ3n) is 4.46. The highest BCUT2D eigenvalue weighted by Crippen LogP contribution is 2.25. The van der Waals surface area contributed by atoms with E-state index in [1.807, 2.05) is 45.9 Å². The first-order chi connectivity index (χ1) is 10.6. The van der Waals surface area contributed by atoms with Crippen LogP contribution in [-0.2, 0) is 9.59 Å².